The van der Waals surface area contributed by atoms with Crippen molar-refractivity contribution >= 4 is 35.1 Å². The van der Waals surface area contributed by atoms with E-state index in [1.54, 1.807) is 23.2 Å². The molecule has 2 amide bonds. The number of nitrogens with zero attached hydrogens (tertiary/aromatic N) is 3. The van der Waals surface area contributed by atoms with Crippen molar-refractivity contribution in [2.45, 2.75) is 0 Å². The third-order valence-corrected chi connectivity index (χ3v) is 4.50. The monoisotopic (exact) mass is 374 g/mol. The Kier molecular flexibility index (Phi) is 5.58. The van der Waals surface area contributed by atoms with Crippen LogP contribution in [0.25, 0.3) is 0 Å². The number of piperazine rings is 1. The zero-order chi connectivity index (χ0) is 18.5. The maximum Gasteiger partial charge on any atom is 0.337 e. The molecule has 0 aliphatic carbocycles. The number of rotatable bonds is 3. The minimum atomic E-state index is -0.485. The van der Waals surface area contributed by atoms with Crippen LogP contribution in [0.3, 0.4) is 0 Å². The van der Waals surface area contributed by atoms with E-state index < -0.39 is 5.97 Å². The Bertz CT molecular complexity index is 792. The quantitative estimate of drug-likeness (QED) is 0.836. The number of esters is 1. The lowest BCUT2D eigenvalue weighted by atomic mass is 10.2. The predicted molar refractivity (Wildman–Crippen MR) is 99.8 cm³/mol. The van der Waals surface area contributed by atoms with Gasteiger partial charge in [-0.1, -0.05) is 17.7 Å². The fraction of sp³-hybridized carbons (Fsp3) is 0.278. The van der Waals surface area contributed by atoms with E-state index in [4.69, 9.17) is 11.6 Å². The van der Waals surface area contributed by atoms with E-state index >= 15 is 0 Å². The van der Waals surface area contributed by atoms with Crippen molar-refractivity contribution in [1.29, 1.82) is 0 Å². The first-order valence-corrected chi connectivity index (χ1v) is 8.56. The van der Waals surface area contributed by atoms with E-state index in [2.05, 4.69) is 19.9 Å². The smallest absolute Gasteiger partial charge is 0.337 e. The van der Waals surface area contributed by atoms with Gasteiger partial charge in [-0.05, 0) is 30.3 Å². The van der Waals surface area contributed by atoms with Crippen LogP contribution in [0, 0.1) is 0 Å². The number of hydrogen-bond acceptors (Lipinski definition) is 5. The van der Waals surface area contributed by atoms with E-state index in [1.165, 1.54) is 13.2 Å². The number of carbonyl (C=O) groups excluding carboxylic acids is 2. The standard InChI is InChI=1S/C18H19ClN4O3/c1-26-17(24)13-5-6-14(19)15(12-13)21-18(25)23-10-8-22(9-11-23)16-4-2-3-7-20-16/h2-7,12H,8-11H2,1H3,(H,21,25). The van der Waals surface area contributed by atoms with Crippen LogP contribution in [0.15, 0.2) is 42.6 Å². The summed E-state index contributed by atoms with van der Waals surface area (Å²) in [5, 5.41) is 3.13. The van der Waals surface area contributed by atoms with Gasteiger partial charge in [-0.3, -0.25) is 0 Å². The normalized spacial score (nSPS) is 14.1. The van der Waals surface area contributed by atoms with Gasteiger partial charge < -0.3 is 19.9 Å². The van der Waals surface area contributed by atoms with Gasteiger partial charge >= 0.3 is 12.0 Å². The van der Waals surface area contributed by atoms with E-state index in [9.17, 15) is 9.59 Å². The average molecular weight is 375 g/mol. The number of nitrogens with one attached hydrogen (secondary N) is 1. The third kappa shape index (κ3) is 4.05. The molecule has 1 aromatic heterocycles. The summed E-state index contributed by atoms with van der Waals surface area (Å²) in [6, 6.07) is 10.1. The van der Waals surface area contributed by atoms with Gasteiger partial charge in [0.25, 0.3) is 0 Å². The number of benzene rings is 1. The molecule has 1 N–H and O–H groups in total. The Morgan fingerprint density at radius 2 is 1.92 bits per heavy atom. The Morgan fingerprint density at radius 3 is 2.58 bits per heavy atom. The Hall–Kier alpha value is -2.80. The van der Waals surface area contributed by atoms with Gasteiger partial charge in [-0.25, -0.2) is 14.6 Å². The molecule has 0 unspecified atom stereocenters. The Labute approximate surface area is 156 Å². The van der Waals surface area contributed by atoms with Gasteiger partial charge in [0.05, 0.1) is 23.4 Å². The molecule has 0 atom stereocenters. The first-order chi connectivity index (χ1) is 12.6. The number of carbonyl (C=O) groups is 2. The van der Waals surface area contributed by atoms with Gasteiger partial charge in [0.2, 0.25) is 0 Å². The van der Waals surface area contributed by atoms with E-state index in [1.807, 2.05) is 18.2 Å². The third-order valence-electron chi connectivity index (χ3n) is 4.17. The molecule has 2 aromatic rings. The highest BCUT2D eigenvalue weighted by Crippen LogP contribution is 2.24. The van der Waals surface area contributed by atoms with Gasteiger partial charge in [-0.2, -0.15) is 0 Å². The summed E-state index contributed by atoms with van der Waals surface area (Å²) < 4.78 is 4.69. The predicted octanol–water partition coefficient (Wildman–Crippen LogP) is 2.88. The van der Waals surface area contributed by atoms with Gasteiger partial charge in [0, 0.05) is 32.4 Å². The number of urea groups is 1. The summed E-state index contributed by atoms with van der Waals surface area (Å²) >= 11 is 6.13. The topological polar surface area (TPSA) is 74.8 Å². The number of ether oxygens (including phenoxy) is 1. The van der Waals surface area contributed by atoms with Crippen LogP contribution >= 0.6 is 11.6 Å². The highest BCUT2D eigenvalue weighted by molar-refractivity contribution is 6.33. The molecule has 3 rings (SSSR count). The summed E-state index contributed by atoms with van der Waals surface area (Å²) in [6.45, 7) is 2.52. The molecule has 0 radical (unpaired) electrons. The van der Waals surface area contributed by atoms with Crippen molar-refractivity contribution < 1.29 is 14.3 Å². The molecular weight excluding hydrogens is 356 g/mol. The van der Waals surface area contributed by atoms with Crippen LogP contribution in [0.4, 0.5) is 16.3 Å². The number of anilines is 2. The minimum Gasteiger partial charge on any atom is -0.465 e. The molecule has 1 saturated heterocycles. The number of halogens is 1. The van der Waals surface area contributed by atoms with Crippen LogP contribution in [0.5, 0.6) is 0 Å². The lowest BCUT2D eigenvalue weighted by Gasteiger charge is -2.35. The SMILES string of the molecule is COC(=O)c1ccc(Cl)c(NC(=O)N2CCN(c3ccccn3)CC2)c1. The molecule has 8 heteroatoms. The molecular formula is C18H19ClN4O3. The molecule has 0 bridgehead atoms. The van der Waals surface area contributed by atoms with E-state index in [0.29, 0.717) is 42.5 Å². The van der Waals surface area contributed by atoms with Gasteiger partial charge in [0.1, 0.15) is 5.82 Å². The highest BCUT2D eigenvalue weighted by atomic mass is 35.5. The average Bonchev–Trinajstić information content (AvgIpc) is 2.69. The number of methoxy groups -OCH3 is 1. The van der Waals surface area contributed by atoms with Crippen molar-refractivity contribution in [1.82, 2.24) is 9.88 Å². The van der Waals surface area contributed by atoms with Crippen LogP contribution in [-0.2, 0) is 4.74 Å². The summed E-state index contributed by atoms with van der Waals surface area (Å²) in [5.74, 6) is 0.419. The van der Waals surface area contributed by atoms with Crippen molar-refractivity contribution in [3.8, 4) is 0 Å². The summed E-state index contributed by atoms with van der Waals surface area (Å²) in [5.41, 5.74) is 0.707. The van der Waals surface area contributed by atoms with Crippen molar-refractivity contribution in [3.05, 3.63) is 53.2 Å². The fourth-order valence-corrected chi connectivity index (χ4v) is 2.90. The molecule has 7 nitrogen and oxygen atoms in total. The zero-order valence-electron chi connectivity index (χ0n) is 14.3. The second kappa shape index (κ2) is 8.05. The molecule has 1 aromatic carbocycles. The van der Waals surface area contributed by atoms with Crippen molar-refractivity contribution in [3.63, 3.8) is 0 Å². The molecule has 0 spiro atoms. The summed E-state index contributed by atoms with van der Waals surface area (Å²) in [6.07, 6.45) is 1.75. The molecule has 1 aliphatic rings. The first-order valence-electron chi connectivity index (χ1n) is 8.18. The molecule has 1 aliphatic heterocycles. The second-order valence-electron chi connectivity index (χ2n) is 5.78. The zero-order valence-corrected chi connectivity index (χ0v) is 15.1. The van der Waals surface area contributed by atoms with Crippen LogP contribution in [0.1, 0.15) is 10.4 Å². The summed E-state index contributed by atoms with van der Waals surface area (Å²) in [7, 11) is 1.30. The molecule has 26 heavy (non-hydrogen) atoms. The van der Waals surface area contributed by atoms with Gasteiger partial charge in [-0.15, -0.1) is 0 Å². The molecule has 2 heterocycles. The molecule has 136 valence electrons. The van der Waals surface area contributed by atoms with E-state index in [0.717, 1.165) is 5.82 Å². The number of pyridine rings is 1. The number of amides is 2. The largest absolute Gasteiger partial charge is 0.465 e. The lowest BCUT2D eigenvalue weighted by molar-refractivity contribution is 0.0600. The van der Waals surface area contributed by atoms with Crippen molar-refractivity contribution in [2.75, 3.05) is 43.5 Å². The maximum absolute atomic E-state index is 12.5. The van der Waals surface area contributed by atoms with Crippen LogP contribution in [-0.4, -0.2) is 55.2 Å². The Morgan fingerprint density at radius 1 is 1.15 bits per heavy atom. The lowest BCUT2D eigenvalue weighted by Crippen LogP contribution is -2.50. The maximum atomic E-state index is 12.5. The first kappa shape index (κ1) is 18.0. The van der Waals surface area contributed by atoms with Crippen molar-refractivity contribution in [2.24, 2.45) is 0 Å². The van der Waals surface area contributed by atoms with Gasteiger partial charge in [0.15, 0.2) is 0 Å². The van der Waals surface area contributed by atoms with E-state index in [-0.39, 0.29) is 6.03 Å². The molecule has 0 saturated carbocycles. The summed E-state index contributed by atoms with van der Waals surface area (Å²) in [4.78, 5) is 32.3. The highest BCUT2D eigenvalue weighted by Gasteiger charge is 2.22. The Balaban J connectivity index is 1.62. The van der Waals surface area contributed by atoms with Crippen LogP contribution < -0.4 is 10.2 Å². The fourth-order valence-electron chi connectivity index (χ4n) is 2.74. The molecule has 1 fully saturated rings. The minimum absolute atomic E-state index is 0.255. The number of aromatic nitrogens is 1. The number of hydrogen-bond donors (Lipinski definition) is 1. The second-order valence-corrected chi connectivity index (χ2v) is 6.19. The van der Waals surface area contributed by atoms with Crippen LogP contribution in [0.2, 0.25) is 5.02 Å².